The molecule has 0 N–H and O–H groups in total. The van der Waals surface area contributed by atoms with Crippen LogP contribution in [0.25, 0.3) is 0 Å². The van der Waals surface area contributed by atoms with E-state index in [1.807, 2.05) is 17.5 Å². The predicted molar refractivity (Wildman–Crippen MR) is 102 cm³/mol. The molecule has 1 atom stereocenters. The normalized spacial score (nSPS) is 19.9. The summed E-state index contributed by atoms with van der Waals surface area (Å²) in [5.74, 6) is -0.601. The minimum absolute atomic E-state index is 0.0241. The summed E-state index contributed by atoms with van der Waals surface area (Å²) >= 11 is 7.19. The Hall–Kier alpha value is -1.44. The van der Waals surface area contributed by atoms with Gasteiger partial charge in [-0.1, -0.05) is 23.7 Å². The molecule has 0 spiro atoms. The van der Waals surface area contributed by atoms with E-state index >= 15 is 0 Å². The topological polar surface area (TPSA) is 54.5 Å². The quantitative estimate of drug-likeness (QED) is 0.761. The van der Waals surface area contributed by atoms with Crippen molar-refractivity contribution in [2.24, 2.45) is 0 Å². The molecule has 4 nitrogen and oxygen atoms in total. The molecule has 0 aliphatic carbocycles. The number of thiophene rings is 1. The fraction of sp³-hybridized carbons (Fsp3) is 0.389. The Bertz CT molecular complexity index is 884. The third-order valence-electron chi connectivity index (χ3n) is 4.57. The third kappa shape index (κ3) is 4.45. The number of sulfone groups is 1. The van der Waals surface area contributed by atoms with Crippen molar-refractivity contribution in [3.63, 3.8) is 0 Å². The number of amides is 1. The van der Waals surface area contributed by atoms with Crippen LogP contribution in [0.5, 0.6) is 0 Å². The second-order valence-corrected chi connectivity index (χ2v) is 9.98. The van der Waals surface area contributed by atoms with E-state index < -0.39 is 20.9 Å². The lowest BCUT2D eigenvalue weighted by Crippen LogP contribution is -2.33. The van der Waals surface area contributed by atoms with Gasteiger partial charge in [0, 0.05) is 24.4 Å². The van der Waals surface area contributed by atoms with Gasteiger partial charge in [0.25, 0.3) is 0 Å². The van der Waals surface area contributed by atoms with Crippen LogP contribution in [-0.2, 0) is 21.1 Å². The first kappa shape index (κ1) is 19.3. The van der Waals surface area contributed by atoms with Crippen LogP contribution in [0, 0.1) is 5.82 Å². The molecule has 1 aromatic heterocycles. The van der Waals surface area contributed by atoms with Crippen LogP contribution in [0.4, 0.5) is 4.39 Å². The molecule has 3 rings (SSSR count). The number of halogens is 2. The Kier molecular flexibility index (Phi) is 5.99. The molecule has 0 bridgehead atoms. The van der Waals surface area contributed by atoms with Crippen molar-refractivity contribution < 1.29 is 17.6 Å². The zero-order valence-electron chi connectivity index (χ0n) is 14.0. The van der Waals surface area contributed by atoms with Crippen LogP contribution in [0.3, 0.4) is 0 Å². The predicted octanol–water partition coefficient (Wildman–Crippen LogP) is 3.86. The van der Waals surface area contributed by atoms with E-state index in [0.717, 1.165) is 10.4 Å². The smallest absolute Gasteiger partial charge is 0.222 e. The van der Waals surface area contributed by atoms with Gasteiger partial charge >= 0.3 is 0 Å². The monoisotopic (exact) mass is 415 g/mol. The molecule has 2 aromatic rings. The first-order chi connectivity index (χ1) is 12.4. The average molecular weight is 416 g/mol. The number of hydrogen-bond donors (Lipinski definition) is 0. The van der Waals surface area contributed by atoms with Crippen LogP contribution in [0.2, 0.25) is 5.02 Å². The summed E-state index contributed by atoms with van der Waals surface area (Å²) in [6.45, 7) is 0.637. The summed E-state index contributed by atoms with van der Waals surface area (Å²) in [6.07, 6.45) is 1.10. The number of hydrogen-bond acceptors (Lipinski definition) is 4. The number of carbonyl (C=O) groups is 1. The Balaban J connectivity index is 1.63. The van der Waals surface area contributed by atoms with Crippen molar-refractivity contribution in [3.8, 4) is 0 Å². The largest absolute Gasteiger partial charge is 0.342 e. The molecule has 1 fully saturated rings. The molecular weight excluding hydrogens is 397 g/mol. The lowest BCUT2D eigenvalue weighted by atomic mass is 10.1. The van der Waals surface area contributed by atoms with Crippen LogP contribution >= 0.6 is 22.9 Å². The Morgan fingerprint density at radius 2 is 2.12 bits per heavy atom. The van der Waals surface area contributed by atoms with Crippen LogP contribution in [0.15, 0.2) is 35.7 Å². The summed E-state index contributed by atoms with van der Waals surface area (Å²) < 4.78 is 38.3. The highest BCUT2D eigenvalue weighted by Crippen LogP contribution is 2.32. The highest BCUT2D eigenvalue weighted by molar-refractivity contribution is 7.91. The zero-order chi connectivity index (χ0) is 18.7. The highest BCUT2D eigenvalue weighted by atomic mass is 35.5. The number of aryl methyl sites for hydroxylation is 1. The molecule has 1 saturated heterocycles. The van der Waals surface area contributed by atoms with E-state index in [1.165, 1.54) is 23.5 Å². The van der Waals surface area contributed by atoms with E-state index in [-0.39, 0.29) is 29.6 Å². The van der Waals surface area contributed by atoms with Crippen molar-refractivity contribution >= 4 is 38.7 Å². The summed E-state index contributed by atoms with van der Waals surface area (Å²) in [6, 6.07) is 8.09. The minimum Gasteiger partial charge on any atom is -0.342 e. The van der Waals surface area contributed by atoms with Gasteiger partial charge in [0.2, 0.25) is 5.91 Å². The molecule has 8 heteroatoms. The first-order valence-corrected chi connectivity index (χ1v) is 11.3. The number of rotatable bonds is 4. The minimum atomic E-state index is -3.27. The molecule has 2 heterocycles. The Morgan fingerprint density at radius 3 is 2.81 bits per heavy atom. The molecule has 0 saturated carbocycles. The maximum Gasteiger partial charge on any atom is 0.222 e. The van der Waals surface area contributed by atoms with E-state index in [2.05, 4.69) is 0 Å². The molecule has 0 radical (unpaired) electrons. The van der Waals surface area contributed by atoms with Crippen molar-refractivity contribution in [1.29, 1.82) is 0 Å². The maximum absolute atomic E-state index is 13.2. The fourth-order valence-electron chi connectivity index (χ4n) is 3.09. The molecule has 26 heavy (non-hydrogen) atoms. The van der Waals surface area contributed by atoms with E-state index in [1.54, 1.807) is 11.0 Å². The maximum atomic E-state index is 13.2. The molecule has 1 unspecified atom stereocenters. The van der Waals surface area contributed by atoms with Crippen molar-refractivity contribution in [2.45, 2.75) is 24.5 Å². The average Bonchev–Trinajstić information content (AvgIpc) is 3.07. The van der Waals surface area contributed by atoms with Crippen LogP contribution < -0.4 is 0 Å². The van der Waals surface area contributed by atoms with Crippen molar-refractivity contribution in [2.75, 3.05) is 18.8 Å². The lowest BCUT2D eigenvalue weighted by molar-refractivity contribution is -0.130. The molecule has 140 valence electrons. The molecule has 1 aliphatic rings. The molecule has 1 aromatic carbocycles. The number of benzene rings is 1. The Morgan fingerprint density at radius 1 is 1.31 bits per heavy atom. The van der Waals surface area contributed by atoms with Gasteiger partial charge in [0.15, 0.2) is 9.84 Å². The van der Waals surface area contributed by atoms with Crippen LogP contribution in [0.1, 0.15) is 28.5 Å². The van der Waals surface area contributed by atoms with Gasteiger partial charge < -0.3 is 4.90 Å². The van der Waals surface area contributed by atoms with Gasteiger partial charge in [-0.05, 0) is 42.0 Å². The standard InChI is InChI=1S/C18H19ClFNO3S2/c19-14-12-13(3-5-15(14)20)4-6-18(22)21-8-7-17(16-2-1-10-25-16)26(23,24)11-9-21/h1-3,5,10,12,17H,4,6-9,11H2. The summed E-state index contributed by atoms with van der Waals surface area (Å²) in [5.41, 5.74) is 0.781. The highest BCUT2D eigenvalue weighted by Gasteiger charge is 2.33. The summed E-state index contributed by atoms with van der Waals surface area (Å²) in [7, 11) is -3.27. The van der Waals surface area contributed by atoms with Crippen molar-refractivity contribution in [1.82, 2.24) is 4.90 Å². The van der Waals surface area contributed by atoms with Gasteiger partial charge in [-0.2, -0.15) is 0 Å². The van der Waals surface area contributed by atoms with Gasteiger partial charge in [-0.15, -0.1) is 11.3 Å². The Labute approximate surface area is 161 Å². The molecule has 1 amide bonds. The number of nitrogens with zero attached hydrogens (tertiary/aromatic N) is 1. The van der Waals surface area contributed by atoms with Gasteiger partial charge in [0.1, 0.15) is 5.82 Å². The van der Waals surface area contributed by atoms with Gasteiger partial charge in [-0.3, -0.25) is 4.79 Å². The van der Waals surface area contributed by atoms with E-state index in [4.69, 9.17) is 11.6 Å². The van der Waals surface area contributed by atoms with E-state index in [0.29, 0.717) is 19.4 Å². The third-order valence-corrected chi connectivity index (χ3v) is 8.10. The van der Waals surface area contributed by atoms with Crippen LogP contribution in [-0.4, -0.2) is 38.1 Å². The van der Waals surface area contributed by atoms with Crippen molar-refractivity contribution in [3.05, 3.63) is 57.0 Å². The van der Waals surface area contributed by atoms with Gasteiger partial charge in [-0.25, -0.2) is 12.8 Å². The molecule has 1 aliphatic heterocycles. The molecular formula is C18H19ClFNO3S2. The van der Waals surface area contributed by atoms with E-state index in [9.17, 15) is 17.6 Å². The van der Waals surface area contributed by atoms with Gasteiger partial charge in [0.05, 0.1) is 16.0 Å². The summed E-state index contributed by atoms with van der Waals surface area (Å²) in [5, 5.41) is 1.37. The number of carbonyl (C=O) groups excluding carboxylic acids is 1. The second kappa shape index (κ2) is 8.06. The second-order valence-electron chi connectivity index (χ2n) is 6.29. The first-order valence-electron chi connectivity index (χ1n) is 8.33. The summed E-state index contributed by atoms with van der Waals surface area (Å²) in [4.78, 5) is 15.0. The lowest BCUT2D eigenvalue weighted by Gasteiger charge is -2.20. The SMILES string of the molecule is O=C(CCc1ccc(F)c(Cl)c1)N1CCC(c2cccs2)S(=O)(=O)CC1. The fourth-order valence-corrected chi connectivity index (χ4v) is 6.30. The zero-order valence-corrected chi connectivity index (χ0v) is 16.4.